The number of piperazine rings is 1. The van der Waals surface area contributed by atoms with Crippen molar-refractivity contribution in [2.45, 2.75) is 44.7 Å². The van der Waals surface area contributed by atoms with E-state index in [1.54, 1.807) is 23.5 Å². The van der Waals surface area contributed by atoms with Crippen molar-refractivity contribution in [3.8, 4) is 5.75 Å². The summed E-state index contributed by atoms with van der Waals surface area (Å²) in [6.07, 6.45) is 0. The number of benzene rings is 1. The van der Waals surface area contributed by atoms with Crippen molar-refractivity contribution in [2.24, 2.45) is 0 Å². The molecule has 1 aliphatic heterocycles. The molecule has 6 heteroatoms. The maximum absolute atomic E-state index is 13.1. The Morgan fingerprint density at radius 3 is 1.95 bits per heavy atom. The summed E-state index contributed by atoms with van der Waals surface area (Å²) in [5, 5.41) is 0. The summed E-state index contributed by atoms with van der Waals surface area (Å²) in [5.41, 5.74) is 1.46. The van der Waals surface area contributed by atoms with Crippen LogP contribution in [-0.4, -0.2) is 57.0 Å². The Bertz CT molecular complexity index is 622. The Morgan fingerprint density at radius 2 is 1.55 bits per heavy atom. The van der Waals surface area contributed by atoms with Gasteiger partial charge in [-0.05, 0) is 58.0 Å². The third kappa shape index (κ3) is 3.00. The SMILES string of the molecule is COc1cc(C)c(S(=O)(=O)N2CC(C)N(C)C(C)C2)c(C)c1. The van der Waals surface area contributed by atoms with Crippen LogP contribution in [0.1, 0.15) is 25.0 Å². The third-order valence-corrected chi connectivity index (χ3v) is 6.73. The third-order valence-electron chi connectivity index (χ3n) is 4.59. The minimum atomic E-state index is -3.49. The monoisotopic (exact) mass is 326 g/mol. The minimum absolute atomic E-state index is 0.206. The average molecular weight is 326 g/mol. The molecule has 0 aromatic heterocycles. The van der Waals surface area contributed by atoms with E-state index in [1.165, 1.54) is 0 Å². The van der Waals surface area contributed by atoms with E-state index in [4.69, 9.17) is 4.74 Å². The van der Waals surface area contributed by atoms with Gasteiger partial charge in [0.05, 0.1) is 12.0 Å². The second kappa shape index (κ2) is 6.18. The zero-order valence-electron chi connectivity index (χ0n) is 14.3. The number of nitrogens with zero attached hydrogens (tertiary/aromatic N) is 2. The summed E-state index contributed by atoms with van der Waals surface area (Å²) >= 11 is 0. The van der Waals surface area contributed by atoms with Gasteiger partial charge in [0.15, 0.2) is 0 Å². The summed E-state index contributed by atoms with van der Waals surface area (Å²) in [6, 6.07) is 3.97. The van der Waals surface area contributed by atoms with Crippen molar-refractivity contribution in [1.29, 1.82) is 0 Å². The van der Waals surface area contributed by atoms with Crippen molar-refractivity contribution >= 4 is 10.0 Å². The Balaban J connectivity index is 2.43. The minimum Gasteiger partial charge on any atom is -0.497 e. The van der Waals surface area contributed by atoms with Crippen LogP contribution >= 0.6 is 0 Å². The van der Waals surface area contributed by atoms with Gasteiger partial charge in [-0.1, -0.05) is 0 Å². The lowest BCUT2D eigenvalue weighted by Crippen LogP contribution is -2.56. The zero-order valence-corrected chi connectivity index (χ0v) is 15.1. The van der Waals surface area contributed by atoms with Gasteiger partial charge in [0.2, 0.25) is 10.0 Å². The quantitative estimate of drug-likeness (QED) is 0.853. The van der Waals surface area contributed by atoms with Gasteiger partial charge in [-0.2, -0.15) is 4.31 Å². The van der Waals surface area contributed by atoms with Crippen LogP contribution in [0.5, 0.6) is 5.75 Å². The van der Waals surface area contributed by atoms with Crippen molar-refractivity contribution < 1.29 is 13.2 Å². The average Bonchev–Trinajstić information content (AvgIpc) is 2.42. The van der Waals surface area contributed by atoms with Crippen LogP contribution < -0.4 is 4.74 Å². The molecular weight excluding hydrogens is 300 g/mol. The largest absolute Gasteiger partial charge is 0.497 e. The summed E-state index contributed by atoms with van der Waals surface area (Å²) < 4.78 is 33.0. The molecule has 0 bridgehead atoms. The first kappa shape index (κ1) is 17.2. The molecule has 1 aliphatic rings. The molecule has 0 amide bonds. The summed E-state index contributed by atoms with van der Waals surface area (Å²) in [7, 11) is 0.148. The van der Waals surface area contributed by atoms with E-state index in [9.17, 15) is 8.42 Å². The molecule has 1 heterocycles. The van der Waals surface area contributed by atoms with E-state index in [-0.39, 0.29) is 12.1 Å². The van der Waals surface area contributed by atoms with Gasteiger partial charge in [0.1, 0.15) is 5.75 Å². The molecule has 0 radical (unpaired) electrons. The smallest absolute Gasteiger partial charge is 0.243 e. The highest BCUT2D eigenvalue weighted by atomic mass is 32.2. The fourth-order valence-electron chi connectivity index (χ4n) is 3.12. The molecule has 0 aliphatic carbocycles. The van der Waals surface area contributed by atoms with Crippen LogP contribution in [0.2, 0.25) is 0 Å². The van der Waals surface area contributed by atoms with E-state index >= 15 is 0 Å². The second-order valence-corrected chi connectivity index (χ2v) is 8.15. The summed E-state index contributed by atoms with van der Waals surface area (Å²) in [4.78, 5) is 2.64. The molecule has 1 aromatic carbocycles. The van der Waals surface area contributed by atoms with E-state index in [2.05, 4.69) is 18.7 Å². The first-order valence-electron chi connectivity index (χ1n) is 7.55. The normalized spacial score (nSPS) is 24.5. The van der Waals surface area contributed by atoms with Gasteiger partial charge in [-0.3, -0.25) is 4.90 Å². The highest BCUT2D eigenvalue weighted by Gasteiger charge is 2.35. The maximum Gasteiger partial charge on any atom is 0.243 e. The van der Waals surface area contributed by atoms with Crippen LogP contribution in [0.4, 0.5) is 0 Å². The molecule has 5 nitrogen and oxygen atoms in total. The number of likely N-dealkylation sites (N-methyl/N-ethyl adjacent to an activating group) is 1. The first-order chi connectivity index (χ1) is 10.2. The predicted octanol–water partition coefficient (Wildman–Crippen LogP) is 2.03. The lowest BCUT2D eigenvalue weighted by Gasteiger charge is -2.41. The molecular formula is C16H26N2O3S. The van der Waals surface area contributed by atoms with Crippen molar-refractivity contribution in [2.75, 3.05) is 27.2 Å². The zero-order chi connectivity index (χ0) is 16.7. The lowest BCUT2D eigenvalue weighted by molar-refractivity contribution is 0.105. The molecule has 2 rings (SSSR count). The number of methoxy groups -OCH3 is 1. The number of sulfonamides is 1. The topological polar surface area (TPSA) is 49.9 Å². The predicted molar refractivity (Wildman–Crippen MR) is 87.9 cm³/mol. The molecule has 1 aromatic rings. The fourth-order valence-corrected chi connectivity index (χ4v) is 5.13. The van der Waals surface area contributed by atoms with Crippen LogP contribution in [-0.2, 0) is 10.0 Å². The number of hydrogen-bond donors (Lipinski definition) is 0. The molecule has 0 saturated carbocycles. The molecule has 1 saturated heterocycles. The second-order valence-electron chi connectivity index (χ2n) is 6.28. The van der Waals surface area contributed by atoms with E-state index in [1.807, 2.05) is 20.9 Å². The first-order valence-corrected chi connectivity index (χ1v) is 8.99. The van der Waals surface area contributed by atoms with Gasteiger partial charge >= 0.3 is 0 Å². The van der Waals surface area contributed by atoms with Crippen molar-refractivity contribution in [1.82, 2.24) is 9.21 Å². The number of hydrogen-bond acceptors (Lipinski definition) is 4. The molecule has 0 N–H and O–H groups in total. The van der Waals surface area contributed by atoms with Crippen LogP contribution in [0.15, 0.2) is 17.0 Å². The van der Waals surface area contributed by atoms with Gasteiger partial charge in [0, 0.05) is 25.2 Å². The van der Waals surface area contributed by atoms with Gasteiger partial charge in [0.25, 0.3) is 0 Å². The lowest BCUT2D eigenvalue weighted by atomic mass is 10.1. The number of rotatable bonds is 3. The molecule has 2 atom stereocenters. The van der Waals surface area contributed by atoms with Crippen LogP contribution in [0, 0.1) is 13.8 Å². The van der Waals surface area contributed by atoms with E-state index in [0.29, 0.717) is 23.7 Å². The van der Waals surface area contributed by atoms with Crippen LogP contribution in [0.3, 0.4) is 0 Å². The molecule has 22 heavy (non-hydrogen) atoms. The maximum atomic E-state index is 13.1. The van der Waals surface area contributed by atoms with Gasteiger partial charge in [-0.25, -0.2) is 8.42 Å². The highest BCUT2D eigenvalue weighted by Crippen LogP contribution is 2.30. The van der Waals surface area contributed by atoms with E-state index in [0.717, 1.165) is 11.1 Å². The molecule has 2 unspecified atom stereocenters. The fraction of sp³-hybridized carbons (Fsp3) is 0.625. The van der Waals surface area contributed by atoms with Gasteiger partial charge < -0.3 is 4.74 Å². The number of aryl methyl sites for hydroxylation is 2. The Kier molecular flexibility index (Phi) is 4.84. The standard InChI is InChI=1S/C16H26N2O3S/c1-11-7-15(21-6)8-12(2)16(11)22(19,20)18-9-13(3)17(5)14(4)10-18/h7-8,13-14H,9-10H2,1-6H3. The Morgan fingerprint density at radius 1 is 1.09 bits per heavy atom. The van der Waals surface area contributed by atoms with E-state index < -0.39 is 10.0 Å². The van der Waals surface area contributed by atoms with Crippen LogP contribution in [0.25, 0.3) is 0 Å². The van der Waals surface area contributed by atoms with Gasteiger partial charge in [-0.15, -0.1) is 0 Å². The summed E-state index contributed by atoms with van der Waals surface area (Å²) in [5.74, 6) is 0.689. The summed E-state index contributed by atoms with van der Waals surface area (Å²) in [6.45, 7) is 8.82. The van der Waals surface area contributed by atoms with Crippen molar-refractivity contribution in [3.63, 3.8) is 0 Å². The highest BCUT2D eigenvalue weighted by molar-refractivity contribution is 7.89. The molecule has 1 fully saturated rings. The van der Waals surface area contributed by atoms with Crippen molar-refractivity contribution in [3.05, 3.63) is 23.3 Å². The Labute approximate surface area is 133 Å². The Hall–Kier alpha value is -1.11. The molecule has 124 valence electrons. The number of ether oxygens (including phenoxy) is 1. The molecule has 0 spiro atoms.